The van der Waals surface area contributed by atoms with Crippen molar-refractivity contribution < 1.29 is 9.84 Å². The highest BCUT2D eigenvalue weighted by atomic mass is 16.5. The lowest BCUT2D eigenvalue weighted by Gasteiger charge is -2.49. The number of aromatic nitrogens is 2. The number of anilines is 1. The normalized spacial score (nSPS) is 27.7. The highest BCUT2D eigenvalue weighted by Crippen LogP contribution is 2.41. The molecule has 6 heteroatoms. The Bertz CT molecular complexity index is 1150. The second-order valence-corrected chi connectivity index (χ2v) is 12.2. The van der Waals surface area contributed by atoms with Crippen LogP contribution in [0.15, 0.2) is 65.0 Å². The second-order valence-electron chi connectivity index (χ2n) is 12.2. The molecule has 1 aromatic rings. The van der Waals surface area contributed by atoms with E-state index in [1.54, 1.807) is 0 Å². The van der Waals surface area contributed by atoms with E-state index in [0.717, 1.165) is 42.8 Å². The quantitative estimate of drug-likeness (QED) is 0.581. The number of hydrogen-bond acceptors (Lipinski definition) is 6. The predicted molar refractivity (Wildman–Crippen MR) is 146 cm³/mol. The molecule has 192 valence electrons. The van der Waals surface area contributed by atoms with Crippen LogP contribution in [-0.4, -0.2) is 52.7 Å². The molecule has 3 heterocycles. The summed E-state index contributed by atoms with van der Waals surface area (Å²) in [4.78, 5) is 2.26. The van der Waals surface area contributed by atoms with Crippen molar-refractivity contribution in [3.05, 3.63) is 70.7 Å². The molecular weight excluding hydrogens is 448 g/mol. The van der Waals surface area contributed by atoms with Crippen LogP contribution in [0, 0.1) is 11.8 Å². The van der Waals surface area contributed by atoms with E-state index in [2.05, 4.69) is 86.4 Å². The standard InChI is InChI=1S/C30H40N4O2/c1-19-13-21(20-9-11-36-12-10-20)14-22-15-27(35)25(16-24(19)22)26-7-8-28(32-31-26)34(6)23-17-29(2,3)33-30(4,5)18-23/h7-9,13-16,19,23-24,33,35H,10-12,17-18H2,1-6H3. The van der Waals surface area contributed by atoms with Crippen molar-refractivity contribution in [2.24, 2.45) is 11.8 Å². The fourth-order valence-corrected chi connectivity index (χ4v) is 6.49. The molecule has 0 radical (unpaired) electrons. The summed E-state index contributed by atoms with van der Waals surface area (Å²) >= 11 is 0. The molecule has 0 amide bonds. The van der Waals surface area contributed by atoms with Gasteiger partial charge in [0.25, 0.3) is 0 Å². The summed E-state index contributed by atoms with van der Waals surface area (Å²) in [6.45, 7) is 12.8. The van der Waals surface area contributed by atoms with Crippen molar-refractivity contribution in [1.29, 1.82) is 0 Å². The summed E-state index contributed by atoms with van der Waals surface area (Å²) in [5.41, 5.74) is 5.35. The fraction of sp³-hybridized carbons (Fsp3) is 0.533. The van der Waals surface area contributed by atoms with Crippen molar-refractivity contribution in [3.8, 4) is 0 Å². The van der Waals surface area contributed by atoms with Crippen LogP contribution in [0.4, 0.5) is 5.82 Å². The zero-order valence-corrected chi connectivity index (χ0v) is 22.5. The van der Waals surface area contributed by atoms with Crippen molar-refractivity contribution in [2.45, 2.75) is 71.0 Å². The second kappa shape index (κ2) is 9.31. The van der Waals surface area contributed by atoms with Gasteiger partial charge < -0.3 is 20.1 Å². The zero-order valence-electron chi connectivity index (χ0n) is 22.5. The molecule has 2 aliphatic carbocycles. The summed E-state index contributed by atoms with van der Waals surface area (Å²) < 4.78 is 5.48. The molecule has 2 aliphatic heterocycles. The zero-order chi connectivity index (χ0) is 25.7. The molecular formula is C30H40N4O2. The van der Waals surface area contributed by atoms with E-state index in [4.69, 9.17) is 4.74 Å². The minimum absolute atomic E-state index is 0.0646. The van der Waals surface area contributed by atoms with Crippen molar-refractivity contribution in [3.63, 3.8) is 0 Å². The largest absolute Gasteiger partial charge is 0.507 e. The molecule has 36 heavy (non-hydrogen) atoms. The maximum absolute atomic E-state index is 11.0. The first-order valence-corrected chi connectivity index (χ1v) is 13.2. The number of hydrogen-bond donors (Lipinski definition) is 2. The van der Waals surface area contributed by atoms with Gasteiger partial charge in [-0.2, -0.15) is 0 Å². The van der Waals surface area contributed by atoms with Gasteiger partial charge in [0.1, 0.15) is 5.76 Å². The smallest absolute Gasteiger partial charge is 0.151 e. The maximum atomic E-state index is 11.0. The summed E-state index contributed by atoms with van der Waals surface area (Å²) in [6, 6.07) is 4.40. The first kappa shape index (κ1) is 25.0. The van der Waals surface area contributed by atoms with Crippen LogP contribution in [0.2, 0.25) is 0 Å². The van der Waals surface area contributed by atoms with Crippen LogP contribution in [-0.2, 0) is 4.74 Å². The van der Waals surface area contributed by atoms with Gasteiger partial charge in [-0.25, -0.2) is 0 Å². The van der Waals surface area contributed by atoms with Crippen LogP contribution < -0.4 is 10.2 Å². The molecule has 1 aromatic heterocycles. The van der Waals surface area contributed by atoms with E-state index in [1.165, 1.54) is 11.1 Å². The Morgan fingerprint density at radius 2 is 1.81 bits per heavy atom. The molecule has 0 saturated carbocycles. The van der Waals surface area contributed by atoms with E-state index in [-0.39, 0.29) is 22.8 Å². The van der Waals surface area contributed by atoms with Gasteiger partial charge in [-0.15, -0.1) is 10.2 Å². The lowest BCUT2D eigenvalue weighted by atomic mass is 9.75. The maximum Gasteiger partial charge on any atom is 0.151 e. The van der Waals surface area contributed by atoms with E-state index in [1.807, 2.05) is 18.2 Å². The molecule has 0 spiro atoms. The average Bonchev–Trinajstić information content (AvgIpc) is 2.82. The molecule has 2 unspecified atom stereocenters. The molecule has 1 fully saturated rings. The summed E-state index contributed by atoms with van der Waals surface area (Å²) in [6.07, 6.45) is 13.8. The molecule has 0 aromatic carbocycles. The fourth-order valence-electron chi connectivity index (χ4n) is 6.49. The molecule has 5 rings (SSSR count). The Balaban J connectivity index is 1.35. The average molecular weight is 489 g/mol. The number of ether oxygens (including phenoxy) is 1. The third kappa shape index (κ3) is 5.07. The Morgan fingerprint density at radius 1 is 1.06 bits per heavy atom. The van der Waals surface area contributed by atoms with Crippen LogP contribution in [0.3, 0.4) is 0 Å². The van der Waals surface area contributed by atoms with Gasteiger partial charge in [-0.1, -0.05) is 31.2 Å². The Morgan fingerprint density at radius 3 is 2.44 bits per heavy atom. The van der Waals surface area contributed by atoms with Gasteiger partial charge in [0.15, 0.2) is 5.82 Å². The number of aliphatic hydroxyl groups excluding tert-OH is 1. The lowest BCUT2D eigenvalue weighted by Crippen LogP contribution is -2.62. The van der Waals surface area contributed by atoms with Crippen molar-refractivity contribution >= 4 is 11.4 Å². The monoisotopic (exact) mass is 488 g/mol. The molecule has 6 nitrogen and oxygen atoms in total. The molecule has 2 N–H and O–H groups in total. The van der Waals surface area contributed by atoms with Crippen molar-refractivity contribution in [1.82, 2.24) is 15.5 Å². The number of nitrogens with one attached hydrogen (secondary N) is 1. The van der Waals surface area contributed by atoms with Crippen LogP contribution >= 0.6 is 0 Å². The third-order valence-electron chi connectivity index (χ3n) is 7.98. The number of piperidine rings is 1. The minimum atomic E-state index is 0.0646. The van der Waals surface area contributed by atoms with E-state index < -0.39 is 0 Å². The summed E-state index contributed by atoms with van der Waals surface area (Å²) in [7, 11) is 2.11. The SMILES string of the molecule is CC1C=C(C2=CCOCC2)C=C2C=C(O)C(c3ccc(N(C)C4CC(C)(C)NC(C)(C)C4)nn3)=CC21. The van der Waals surface area contributed by atoms with Gasteiger partial charge in [0.05, 0.1) is 18.9 Å². The number of fused-ring (bicyclic) bond motifs is 1. The van der Waals surface area contributed by atoms with Gasteiger partial charge in [0, 0.05) is 35.7 Å². The van der Waals surface area contributed by atoms with E-state index >= 15 is 0 Å². The number of rotatable bonds is 4. The van der Waals surface area contributed by atoms with E-state index in [0.29, 0.717) is 24.3 Å². The van der Waals surface area contributed by atoms with Crippen LogP contribution in [0.25, 0.3) is 5.57 Å². The number of nitrogens with zero attached hydrogens (tertiary/aromatic N) is 3. The van der Waals surface area contributed by atoms with Gasteiger partial charge in [-0.05, 0) is 87.8 Å². The van der Waals surface area contributed by atoms with Crippen LogP contribution in [0.5, 0.6) is 0 Å². The van der Waals surface area contributed by atoms with E-state index in [9.17, 15) is 5.11 Å². The predicted octanol–water partition coefficient (Wildman–Crippen LogP) is 5.53. The van der Waals surface area contributed by atoms with Gasteiger partial charge in [0.2, 0.25) is 0 Å². The molecule has 4 aliphatic rings. The summed E-state index contributed by atoms with van der Waals surface area (Å²) in [5.74, 6) is 1.65. The first-order chi connectivity index (χ1) is 17.0. The Labute approximate surface area is 215 Å². The minimum Gasteiger partial charge on any atom is -0.507 e. The van der Waals surface area contributed by atoms with Gasteiger partial charge >= 0.3 is 0 Å². The van der Waals surface area contributed by atoms with Gasteiger partial charge in [-0.3, -0.25) is 0 Å². The Hall–Kier alpha value is -2.70. The molecule has 2 atom stereocenters. The molecule has 1 saturated heterocycles. The molecule has 0 bridgehead atoms. The number of aliphatic hydroxyl groups is 1. The lowest BCUT2D eigenvalue weighted by molar-refractivity contribution is 0.155. The first-order valence-electron chi connectivity index (χ1n) is 13.2. The highest BCUT2D eigenvalue weighted by molar-refractivity contribution is 5.78. The number of allylic oxidation sites excluding steroid dienone is 7. The van der Waals surface area contributed by atoms with Crippen LogP contribution in [0.1, 0.15) is 59.6 Å². The highest BCUT2D eigenvalue weighted by Gasteiger charge is 2.39. The summed E-state index contributed by atoms with van der Waals surface area (Å²) in [5, 5.41) is 23.8. The topological polar surface area (TPSA) is 70.5 Å². The Kier molecular flexibility index (Phi) is 6.46. The van der Waals surface area contributed by atoms with Crippen molar-refractivity contribution in [2.75, 3.05) is 25.2 Å². The third-order valence-corrected chi connectivity index (χ3v) is 7.98.